The molecule has 2 aliphatic carbocycles. The molecule has 2 aliphatic heterocycles. The van der Waals surface area contributed by atoms with Gasteiger partial charge in [0.15, 0.2) is 0 Å². The molecule has 4 aliphatic rings. The lowest BCUT2D eigenvalue weighted by Gasteiger charge is -2.28. The molecular weight excluding hydrogens is 467 g/mol. The molecule has 38 heavy (non-hydrogen) atoms. The maximum absolute atomic E-state index is 13.3. The van der Waals surface area contributed by atoms with Crippen molar-refractivity contribution in [1.29, 1.82) is 0 Å². The van der Waals surface area contributed by atoms with E-state index in [0.717, 1.165) is 52.8 Å². The standard InChI is InChI=1S/C35H39FN2/c1-8-10-11-27(9-2)25(6)34(35(37-7)28-16-14-26(21-36)15-17-28)31-19-29(18-30-20-32(31)38-30)33-23(4)13-12-22(3)24(33)5/h8-11,14-19,37-38H,2,6,12-13,20-21H2,1,3-5,7H3/b10-8-,27-11+,35-34-. The van der Waals surface area contributed by atoms with E-state index in [1.807, 2.05) is 62.5 Å². The Hall–Kier alpha value is -3.85. The van der Waals surface area contributed by atoms with Crippen molar-refractivity contribution in [3.8, 4) is 0 Å². The number of fused-ring (bicyclic) bond motifs is 2. The van der Waals surface area contributed by atoms with Crippen molar-refractivity contribution in [2.75, 3.05) is 7.05 Å². The summed E-state index contributed by atoms with van der Waals surface area (Å²) in [5.74, 6) is 0. The lowest BCUT2D eigenvalue weighted by Crippen LogP contribution is -2.27. The van der Waals surface area contributed by atoms with E-state index in [9.17, 15) is 4.39 Å². The van der Waals surface area contributed by atoms with Crippen LogP contribution in [-0.2, 0) is 6.67 Å². The minimum absolute atomic E-state index is 0.480. The Morgan fingerprint density at radius 1 is 1.08 bits per heavy atom. The van der Waals surface area contributed by atoms with Crippen molar-refractivity contribution in [3.05, 3.63) is 147 Å². The van der Waals surface area contributed by atoms with Crippen molar-refractivity contribution in [2.24, 2.45) is 0 Å². The van der Waals surface area contributed by atoms with Crippen molar-refractivity contribution >= 4 is 5.70 Å². The minimum atomic E-state index is -0.480. The Morgan fingerprint density at radius 3 is 2.37 bits per heavy atom. The highest BCUT2D eigenvalue weighted by molar-refractivity contribution is 5.82. The molecule has 0 radical (unpaired) electrons. The maximum Gasteiger partial charge on any atom is 0.115 e. The highest BCUT2D eigenvalue weighted by atomic mass is 19.1. The summed E-state index contributed by atoms with van der Waals surface area (Å²) < 4.78 is 13.3. The highest BCUT2D eigenvalue weighted by Crippen LogP contribution is 2.43. The first-order valence-corrected chi connectivity index (χ1v) is 13.3. The molecule has 2 N–H and O–H groups in total. The molecule has 0 atom stereocenters. The van der Waals surface area contributed by atoms with Crippen LogP contribution in [0.5, 0.6) is 0 Å². The molecule has 1 aromatic carbocycles. The first-order chi connectivity index (χ1) is 18.3. The lowest BCUT2D eigenvalue weighted by molar-refractivity contribution is 0.485. The molecule has 196 valence electrons. The number of hydrogen-bond donors (Lipinski definition) is 2. The number of allylic oxidation sites excluding steroid dienone is 15. The third-order valence-corrected chi connectivity index (χ3v) is 7.74. The molecule has 1 fully saturated rings. The zero-order chi connectivity index (χ0) is 27.4. The Labute approximate surface area is 227 Å². The third-order valence-electron chi connectivity index (χ3n) is 7.74. The van der Waals surface area contributed by atoms with Crippen LogP contribution in [0.15, 0.2) is 135 Å². The number of nitrogens with one attached hydrogen (secondary N) is 2. The van der Waals surface area contributed by atoms with Crippen molar-refractivity contribution in [3.63, 3.8) is 0 Å². The SMILES string of the molecule is C=C/C(=C\C=C/C)C(=C)/C(C1=C2CC(=CC(C3=C(C)CCC(C)=C3C)=C1)N2)=C(/NC)c1ccc(CF)cc1. The van der Waals surface area contributed by atoms with Gasteiger partial charge < -0.3 is 10.6 Å². The van der Waals surface area contributed by atoms with E-state index < -0.39 is 6.67 Å². The quantitative estimate of drug-likeness (QED) is 0.327. The second kappa shape index (κ2) is 11.7. The van der Waals surface area contributed by atoms with Gasteiger partial charge in [-0.2, -0.15) is 0 Å². The normalized spacial score (nSPS) is 18.4. The van der Waals surface area contributed by atoms with Crippen LogP contribution in [0.2, 0.25) is 0 Å². The Kier molecular flexibility index (Phi) is 8.36. The van der Waals surface area contributed by atoms with Gasteiger partial charge in [-0.25, -0.2) is 4.39 Å². The van der Waals surface area contributed by atoms with E-state index in [1.54, 1.807) is 0 Å². The largest absolute Gasteiger partial charge is 0.387 e. The predicted molar refractivity (Wildman–Crippen MR) is 161 cm³/mol. The number of alkyl halides is 1. The number of halogens is 1. The van der Waals surface area contributed by atoms with Crippen molar-refractivity contribution in [1.82, 2.24) is 10.6 Å². The van der Waals surface area contributed by atoms with E-state index in [2.05, 4.69) is 56.7 Å². The molecule has 0 aromatic heterocycles. The molecule has 1 aromatic rings. The first-order valence-electron chi connectivity index (χ1n) is 13.3. The van der Waals surface area contributed by atoms with Gasteiger partial charge in [0.05, 0.1) is 0 Å². The molecule has 2 nitrogen and oxygen atoms in total. The Balaban J connectivity index is 1.99. The van der Waals surface area contributed by atoms with Gasteiger partial charge in [0.25, 0.3) is 0 Å². The fraction of sp³-hybridized carbons (Fsp3) is 0.257. The Bertz CT molecular complexity index is 1400. The molecule has 3 heteroatoms. The average Bonchev–Trinajstić information content (AvgIpc) is 3.19. The van der Waals surface area contributed by atoms with Gasteiger partial charge in [-0.1, -0.05) is 72.9 Å². The fourth-order valence-corrected chi connectivity index (χ4v) is 5.40. The van der Waals surface area contributed by atoms with Gasteiger partial charge >= 0.3 is 0 Å². The summed E-state index contributed by atoms with van der Waals surface area (Å²) in [5.41, 5.74) is 15.8. The molecule has 0 spiro atoms. The van der Waals surface area contributed by atoms with Crippen LogP contribution in [0, 0.1) is 0 Å². The summed E-state index contributed by atoms with van der Waals surface area (Å²) in [6, 6.07) is 7.65. The van der Waals surface area contributed by atoms with Gasteiger partial charge in [0, 0.05) is 41.7 Å². The highest BCUT2D eigenvalue weighted by Gasteiger charge is 2.29. The summed E-state index contributed by atoms with van der Waals surface area (Å²) >= 11 is 0. The van der Waals surface area contributed by atoms with E-state index >= 15 is 0 Å². The molecule has 0 amide bonds. The van der Waals surface area contributed by atoms with Gasteiger partial charge in [0.1, 0.15) is 6.67 Å². The molecular formula is C35H39FN2. The van der Waals surface area contributed by atoms with E-state index in [1.165, 1.54) is 39.3 Å². The topological polar surface area (TPSA) is 24.1 Å². The molecule has 0 saturated carbocycles. The zero-order valence-corrected chi connectivity index (χ0v) is 23.4. The van der Waals surface area contributed by atoms with Gasteiger partial charge in [0.2, 0.25) is 0 Å². The zero-order valence-electron chi connectivity index (χ0n) is 23.4. The Morgan fingerprint density at radius 2 is 1.76 bits per heavy atom. The molecule has 5 rings (SSSR count). The smallest absolute Gasteiger partial charge is 0.115 e. The van der Waals surface area contributed by atoms with Gasteiger partial charge in [-0.3, -0.25) is 0 Å². The lowest BCUT2D eigenvalue weighted by atomic mass is 9.82. The number of hydrogen-bond acceptors (Lipinski definition) is 2. The van der Waals surface area contributed by atoms with E-state index in [0.29, 0.717) is 5.56 Å². The van der Waals surface area contributed by atoms with Crippen LogP contribution in [-0.4, -0.2) is 7.05 Å². The summed E-state index contributed by atoms with van der Waals surface area (Å²) in [7, 11) is 1.93. The van der Waals surface area contributed by atoms with E-state index in [-0.39, 0.29) is 0 Å². The predicted octanol–water partition coefficient (Wildman–Crippen LogP) is 8.85. The van der Waals surface area contributed by atoms with E-state index in [4.69, 9.17) is 0 Å². The average molecular weight is 507 g/mol. The van der Waals surface area contributed by atoms with Crippen LogP contribution >= 0.6 is 0 Å². The second-order valence-corrected chi connectivity index (χ2v) is 10.2. The fourth-order valence-electron chi connectivity index (χ4n) is 5.40. The van der Waals surface area contributed by atoms with Crippen LogP contribution in [0.3, 0.4) is 0 Å². The summed E-state index contributed by atoms with van der Waals surface area (Å²) in [4.78, 5) is 0. The summed E-state index contributed by atoms with van der Waals surface area (Å²) in [6.45, 7) is 16.9. The minimum Gasteiger partial charge on any atom is -0.387 e. The number of rotatable bonds is 9. The molecule has 2 heterocycles. The molecule has 0 unspecified atom stereocenters. The van der Waals surface area contributed by atoms with Gasteiger partial charge in [-0.05, 0) is 91.7 Å². The van der Waals surface area contributed by atoms with Crippen molar-refractivity contribution in [2.45, 2.75) is 53.6 Å². The second-order valence-electron chi connectivity index (χ2n) is 10.2. The molecule has 1 saturated heterocycles. The van der Waals surface area contributed by atoms with Crippen LogP contribution in [0.1, 0.15) is 58.1 Å². The summed E-state index contributed by atoms with van der Waals surface area (Å²) in [6.07, 6.45) is 15.6. The first kappa shape index (κ1) is 27.2. The monoisotopic (exact) mass is 506 g/mol. The molecule has 2 bridgehead atoms. The summed E-state index contributed by atoms with van der Waals surface area (Å²) in [5, 5.41) is 7.09. The van der Waals surface area contributed by atoms with Crippen LogP contribution in [0.25, 0.3) is 5.70 Å². The van der Waals surface area contributed by atoms with Gasteiger partial charge in [-0.15, -0.1) is 0 Å². The van der Waals surface area contributed by atoms with Crippen LogP contribution < -0.4 is 10.6 Å². The van der Waals surface area contributed by atoms with Crippen LogP contribution in [0.4, 0.5) is 4.39 Å². The maximum atomic E-state index is 13.3. The number of benzene rings is 1. The third kappa shape index (κ3) is 5.24. The van der Waals surface area contributed by atoms with Crippen molar-refractivity contribution < 1.29 is 4.39 Å².